The first-order valence-electron chi connectivity index (χ1n) is 20.2. The summed E-state index contributed by atoms with van der Waals surface area (Å²) < 4.78 is 0.710. The molecule has 58 heavy (non-hydrogen) atoms. The Morgan fingerprint density at radius 3 is 0.983 bits per heavy atom. The van der Waals surface area contributed by atoms with Crippen LogP contribution in [0.2, 0.25) is 33.2 Å². The van der Waals surface area contributed by atoms with E-state index in [1.54, 1.807) is 36.4 Å². The fourth-order valence-corrected chi connectivity index (χ4v) is 21.7. The minimum atomic E-state index is -1.96. The highest BCUT2D eigenvalue weighted by Crippen LogP contribution is 2.46. The van der Waals surface area contributed by atoms with Crippen molar-refractivity contribution in [1.82, 2.24) is 0 Å². The topological polar surface area (TPSA) is 74.8 Å². The Labute approximate surface area is 362 Å². The Morgan fingerprint density at radius 1 is 0.448 bits per heavy atom. The summed E-state index contributed by atoms with van der Waals surface area (Å²) in [5.41, 5.74) is 13.7. The summed E-state index contributed by atoms with van der Waals surface area (Å²) >= 11 is 7.18. The van der Waals surface area contributed by atoms with Gasteiger partial charge in [-0.3, -0.25) is 19.2 Å². The maximum atomic E-state index is 14.4. The first kappa shape index (κ1) is 43.5. The second-order valence-corrected chi connectivity index (χ2v) is 30.5. The predicted molar refractivity (Wildman–Crippen MR) is 250 cm³/mol. The summed E-state index contributed by atoms with van der Waals surface area (Å²) in [6.45, 7) is 27.3. The lowest BCUT2D eigenvalue weighted by molar-refractivity contribution is 0.0872. The minimum absolute atomic E-state index is 0.216. The van der Waals surface area contributed by atoms with Gasteiger partial charge in [0.15, 0.2) is 0 Å². The third-order valence-corrected chi connectivity index (χ3v) is 26.7. The van der Waals surface area contributed by atoms with Crippen molar-refractivity contribution < 1.29 is 19.2 Å². The highest BCUT2D eigenvalue weighted by atomic mass is 79.9. The Hall–Kier alpha value is -4.07. The molecule has 0 radical (unpaired) electrons. The fraction of sp³-hybridized carbons (Fsp3) is 0.375. The van der Waals surface area contributed by atoms with Crippen molar-refractivity contribution in [2.75, 3.05) is 9.80 Å². The molecule has 0 saturated heterocycles. The molecular formula is C48H52Br2N2O4Si2. The molecule has 300 valence electrons. The molecule has 0 saturated carbocycles. The maximum absolute atomic E-state index is 14.4. The van der Waals surface area contributed by atoms with E-state index in [0.717, 1.165) is 20.9 Å². The number of carbonyl (C=O) groups excluding carboxylic acids is 4. The molecule has 0 aliphatic carbocycles. The number of anilines is 2. The van der Waals surface area contributed by atoms with Crippen LogP contribution in [0.25, 0.3) is 10.8 Å². The number of hydrogen-bond donors (Lipinski definition) is 0. The van der Waals surface area contributed by atoms with Crippen molar-refractivity contribution in [2.45, 2.75) is 116 Å². The zero-order chi connectivity index (χ0) is 42.8. The van der Waals surface area contributed by atoms with Gasteiger partial charge in [0, 0.05) is 30.8 Å². The van der Waals surface area contributed by atoms with Crippen LogP contribution in [0, 0.1) is 22.9 Å². The van der Waals surface area contributed by atoms with Crippen molar-refractivity contribution in [3.8, 4) is 22.9 Å². The van der Waals surface area contributed by atoms with Crippen LogP contribution >= 0.6 is 31.9 Å². The van der Waals surface area contributed by atoms with Crippen molar-refractivity contribution in [3.63, 3.8) is 0 Å². The van der Waals surface area contributed by atoms with Crippen LogP contribution in [-0.2, 0) is 0 Å². The molecule has 0 spiro atoms. The van der Waals surface area contributed by atoms with Gasteiger partial charge in [0.1, 0.15) is 16.1 Å². The number of hydrogen-bond acceptors (Lipinski definition) is 4. The van der Waals surface area contributed by atoms with Gasteiger partial charge in [0.25, 0.3) is 23.6 Å². The van der Waals surface area contributed by atoms with Crippen LogP contribution in [0.1, 0.15) is 136 Å². The van der Waals surface area contributed by atoms with E-state index in [-0.39, 0.29) is 33.0 Å². The van der Waals surface area contributed by atoms with Gasteiger partial charge in [-0.1, -0.05) is 94.9 Å². The zero-order valence-corrected chi connectivity index (χ0v) is 40.7. The van der Waals surface area contributed by atoms with E-state index in [1.807, 2.05) is 24.3 Å². The summed E-state index contributed by atoms with van der Waals surface area (Å²) in [5, 5.41) is 0.572. The Morgan fingerprint density at radius 2 is 0.724 bits per heavy atom. The zero-order valence-electron chi connectivity index (χ0n) is 35.5. The molecule has 10 heteroatoms. The lowest BCUT2D eigenvalue weighted by atomic mass is 9.85. The van der Waals surface area contributed by atoms with Crippen LogP contribution in [0.15, 0.2) is 69.6 Å². The van der Waals surface area contributed by atoms with Gasteiger partial charge in [-0.05, 0) is 126 Å². The summed E-state index contributed by atoms with van der Waals surface area (Å²) in [6.07, 6.45) is 0. The minimum Gasteiger partial charge on any atom is -0.268 e. The Bertz CT molecular complexity index is 2280. The van der Waals surface area contributed by atoms with Gasteiger partial charge in [-0.2, -0.15) is 0 Å². The molecular weight excluding hydrogens is 885 g/mol. The predicted octanol–water partition coefficient (Wildman–Crippen LogP) is 13.1. The van der Waals surface area contributed by atoms with Gasteiger partial charge < -0.3 is 0 Å². The largest absolute Gasteiger partial charge is 0.268 e. The van der Waals surface area contributed by atoms with E-state index >= 15 is 0 Å². The lowest BCUT2D eigenvalue weighted by Crippen LogP contribution is -2.44. The van der Waals surface area contributed by atoms with Crippen LogP contribution in [-0.4, -0.2) is 39.8 Å². The van der Waals surface area contributed by atoms with Gasteiger partial charge >= 0.3 is 0 Å². The van der Waals surface area contributed by atoms with Crippen LogP contribution in [0.4, 0.5) is 11.4 Å². The van der Waals surface area contributed by atoms with E-state index in [2.05, 4.69) is 138 Å². The van der Waals surface area contributed by atoms with Crippen molar-refractivity contribution in [3.05, 3.63) is 103 Å². The summed E-state index contributed by atoms with van der Waals surface area (Å²) in [4.78, 5) is 59.7. The SMILES string of the molecule is CC(C)[Si](C#Cc1ccc(N2C(=O)c3cc(Br)c4c5c(cc(Br)c(c35)C2=O)C(=O)N(c2ccc(C#C[Si](C(C)C)(C(C)C)C(C)C)cc2)C4=O)cc1)(C(C)C)C(C)C. The molecule has 6 rings (SSSR count). The molecule has 6 nitrogen and oxygen atoms in total. The van der Waals surface area contributed by atoms with Gasteiger partial charge in [0.05, 0.1) is 33.6 Å². The van der Waals surface area contributed by atoms with Crippen molar-refractivity contribution in [2.24, 2.45) is 0 Å². The van der Waals surface area contributed by atoms with E-state index in [9.17, 15) is 19.2 Å². The highest BCUT2D eigenvalue weighted by Gasteiger charge is 2.45. The molecule has 2 aliphatic heterocycles. The molecule has 4 aromatic carbocycles. The standard InChI is InChI=1S/C48H52Br2N2O4Si2/c1-27(2)57(28(3)4,29(5)6)23-21-33-13-17-35(18-14-33)51-45(53)37-25-40(50)44-42-38(26-39(49)43(41(37)42)47(51)55)46(54)52(48(44)56)36-19-15-34(16-20-36)22-24-58(30(7)8,31(9)10)32(11)12/h13-20,25-32H,1-12H3. The number of imide groups is 2. The number of nitrogens with zero attached hydrogens (tertiary/aromatic N) is 2. The maximum Gasteiger partial charge on any atom is 0.267 e. The third kappa shape index (κ3) is 6.88. The lowest BCUT2D eigenvalue weighted by Gasteiger charge is -2.38. The number of halogens is 2. The van der Waals surface area contributed by atoms with E-state index in [0.29, 0.717) is 53.6 Å². The average molecular weight is 937 g/mol. The van der Waals surface area contributed by atoms with E-state index in [4.69, 9.17) is 0 Å². The Balaban J connectivity index is 1.37. The fourth-order valence-electron chi connectivity index (χ4n) is 10.1. The number of amides is 4. The van der Waals surface area contributed by atoms with E-state index < -0.39 is 39.8 Å². The molecule has 0 fully saturated rings. The second-order valence-electron chi connectivity index (χ2n) is 17.6. The number of rotatable bonds is 8. The molecule has 4 amide bonds. The van der Waals surface area contributed by atoms with Crippen molar-refractivity contribution in [1.29, 1.82) is 0 Å². The van der Waals surface area contributed by atoms with Gasteiger partial charge in [-0.25, -0.2) is 9.80 Å². The highest BCUT2D eigenvalue weighted by molar-refractivity contribution is 9.10. The van der Waals surface area contributed by atoms with Gasteiger partial charge in [0.2, 0.25) is 0 Å². The summed E-state index contributed by atoms with van der Waals surface area (Å²) in [7, 11) is -3.93. The molecule has 4 aromatic rings. The summed E-state index contributed by atoms with van der Waals surface area (Å²) in [5.74, 6) is 4.70. The first-order valence-corrected chi connectivity index (χ1v) is 26.3. The molecule has 0 aromatic heterocycles. The first-order chi connectivity index (χ1) is 27.2. The molecule has 0 unspecified atom stereocenters. The molecule has 0 bridgehead atoms. The monoisotopic (exact) mass is 934 g/mol. The van der Waals surface area contributed by atoms with Crippen molar-refractivity contribution >= 4 is 93.8 Å². The normalized spacial score (nSPS) is 14.4. The molecule has 2 heterocycles. The Kier molecular flexibility index (Phi) is 12.1. The molecule has 0 atom stereocenters. The van der Waals surface area contributed by atoms with Crippen LogP contribution in [0.5, 0.6) is 0 Å². The molecule has 0 N–H and O–H groups in total. The van der Waals surface area contributed by atoms with Crippen LogP contribution < -0.4 is 9.80 Å². The van der Waals surface area contributed by atoms with E-state index in [1.165, 1.54) is 0 Å². The second kappa shape index (κ2) is 16.2. The smallest absolute Gasteiger partial charge is 0.267 e. The third-order valence-electron chi connectivity index (χ3n) is 12.8. The average Bonchev–Trinajstić information content (AvgIpc) is 3.14. The van der Waals surface area contributed by atoms with Gasteiger partial charge in [-0.15, -0.1) is 11.1 Å². The quantitative estimate of drug-likeness (QED) is 0.100. The van der Waals surface area contributed by atoms with Crippen LogP contribution in [0.3, 0.4) is 0 Å². The number of benzene rings is 4. The molecule has 2 aliphatic rings. The number of carbonyl (C=O) groups is 4. The summed E-state index contributed by atoms with van der Waals surface area (Å²) in [6, 6.07) is 17.6.